The Labute approximate surface area is 223 Å². The zero-order valence-corrected chi connectivity index (χ0v) is 22.2. The summed E-state index contributed by atoms with van der Waals surface area (Å²) in [6, 6.07) is 9.82. The van der Waals surface area contributed by atoms with Crippen LogP contribution in [0.15, 0.2) is 52.9 Å². The van der Waals surface area contributed by atoms with Crippen molar-refractivity contribution in [2.45, 2.75) is 37.4 Å². The number of piperidine rings is 1. The Balaban J connectivity index is 1.45. The summed E-state index contributed by atoms with van der Waals surface area (Å²) in [5, 5.41) is 8.70. The maximum atomic E-state index is 12.9. The normalized spacial score (nSPS) is 18.4. The maximum absolute atomic E-state index is 12.9. The van der Waals surface area contributed by atoms with Crippen LogP contribution in [0.4, 0.5) is 13.2 Å². The lowest BCUT2D eigenvalue weighted by atomic mass is 9.89. The molecule has 2 aromatic rings. The summed E-state index contributed by atoms with van der Waals surface area (Å²) in [5.41, 5.74) is 0.707. The number of carbonyl (C=O) groups is 1. The number of hydrogen-bond acceptors (Lipinski definition) is 7. The predicted octanol–water partition coefficient (Wildman–Crippen LogP) is 2.39. The first-order valence-electron chi connectivity index (χ1n) is 11.6. The van der Waals surface area contributed by atoms with Crippen LogP contribution in [0.3, 0.4) is 0 Å². The minimum atomic E-state index is -4.87. The molecule has 1 amide bonds. The van der Waals surface area contributed by atoms with E-state index in [2.05, 4.69) is 15.0 Å². The zero-order valence-electron chi connectivity index (χ0n) is 20.6. The molecule has 1 spiro atoms. The van der Waals surface area contributed by atoms with Crippen molar-refractivity contribution in [2.24, 2.45) is 10.1 Å². The standard InChI is InChI=1S/C24H25F3N4O6S2/c1-16-13-17(15-38(28,33)34)5-6-18(16)7-12-39(35,36)31-10-8-23(9-11-31)22(32)29-21(30-23)19-3-2-4-20(14-19)37-24(25,26)27/h2-7,12-14H,8-11,15H2,1H3,(H2,28,33,34)(H,29,30,32)/b12-7+. The topological polar surface area (TPSA) is 148 Å². The van der Waals surface area contributed by atoms with Crippen LogP contribution in [0.5, 0.6) is 5.75 Å². The molecule has 0 unspecified atom stereocenters. The molecule has 2 aliphatic rings. The molecule has 0 atom stereocenters. The van der Waals surface area contributed by atoms with Crippen LogP contribution in [0.2, 0.25) is 0 Å². The third-order valence-electron chi connectivity index (χ3n) is 6.35. The maximum Gasteiger partial charge on any atom is 0.573 e. The summed E-state index contributed by atoms with van der Waals surface area (Å²) in [6.07, 6.45) is -3.31. The number of primary sulfonamides is 1. The number of nitrogens with one attached hydrogen (secondary N) is 1. The molecule has 2 heterocycles. The van der Waals surface area contributed by atoms with Gasteiger partial charge in [-0.05, 0) is 54.7 Å². The number of amides is 1. The highest BCUT2D eigenvalue weighted by Gasteiger charge is 2.47. The van der Waals surface area contributed by atoms with E-state index < -0.39 is 43.6 Å². The lowest BCUT2D eigenvalue weighted by Gasteiger charge is -2.34. The highest BCUT2D eigenvalue weighted by Crippen LogP contribution is 2.33. The number of nitrogens with two attached hydrogens (primary N) is 1. The van der Waals surface area contributed by atoms with Crippen LogP contribution >= 0.6 is 0 Å². The number of ether oxygens (including phenoxy) is 1. The molecule has 4 rings (SSSR count). The Morgan fingerprint density at radius 1 is 1.13 bits per heavy atom. The number of halogens is 3. The summed E-state index contributed by atoms with van der Waals surface area (Å²) in [7, 11) is -7.56. The largest absolute Gasteiger partial charge is 0.573 e. The van der Waals surface area contributed by atoms with Gasteiger partial charge >= 0.3 is 6.36 Å². The molecule has 10 nitrogen and oxygen atoms in total. The van der Waals surface area contributed by atoms with Gasteiger partial charge in [0.1, 0.15) is 17.1 Å². The Kier molecular flexibility index (Phi) is 7.64. The molecule has 1 fully saturated rings. The van der Waals surface area contributed by atoms with E-state index in [4.69, 9.17) is 5.14 Å². The van der Waals surface area contributed by atoms with Crippen molar-refractivity contribution in [1.82, 2.24) is 9.62 Å². The first-order chi connectivity index (χ1) is 18.1. The molecule has 0 aromatic heterocycles. The molecule has 39 heavy (non-hydrogen) atoms. The fourth-order valence-electron chi connectivity index (χ4n) is 4.44. The first kappa shape index (κ1) is 28.7. The number of hydrogen-bond donors (Lipinski definition) is 2. The highest BCUT2D eigenvalue weighted by atomic mass is 32.2. The molecule has 0 saturated carbocycles. The van der Waals surface area contributed by atoms with Crippen molar-refractivity contribution in [3.63, 3.8) is 0 Å². The second kappa shape index (κ2) is 10.4. The molecule has 0 aliphatic carbocycles. The zero-order chi connectivity index (χ0) is 28.6. The Morgan fingerprint density at radius 3 is 2.44 bits per heavy atom. The van der Waals surface area contributed by atoms with E-state index in [9.17, 15) is 34.8 Å². The average Bonchev–Trinajstić information content (AvgIpc) is 3.12. The lowest BCUT2D eigenvalue weighted by molar-refractivity contribution is -0.274. The molecule has 0 radical (unpaired) electrons. The van der Waals surface area contributed by atoms with E-state index in [1.807, 2.05) is 0 Å². The van der Waals surface area contributed by atoms with Gasteiger partial charge < -0.3 is 10.1 Å². The third kappa shape index (κ3) is 7.03. The molecule has 0 bridgehead atoms. The van der Waals surface area contributed by atoms with Crippen molar-refractivity contribution in [1.29, 1.82) is 0 Å². The fraction of sp³-hybridized carbons (Fsp3) is 0.333. The Hall–Kier alpha value is -3.27. The van der Waals surface area contributed by atoms with Gasteiger partial charge in [0.25, 0.3) is 5.91 Å². The van der Waals surface area contributed by atoms with E-state index in [1.54, 1.807) is 25.1 Å². The van der Waals surface area contributed by atoms with Gasteiger partial charge in [0, 0.05) is 24.1 Å². The van der Waals surface area contributed by atoms with Crippen molar-refractivity contribution in [3.05, 3.63) is 70.1 Å². The second-order valence-corrected chi connectivity index (χ2v) is 12.7. The SMILES string of the molecule is Cc1cc(CS(N)(=O)=O)ccc1/C=C/S(=O)(=O)N1CCC2(CC1)N=C(c1cccc(OC(F)(F)F)c1)NC2=O. The van der Waals surface area contributed by atoms with Crippen LogP contribution < -0.4 is 15.2 Å². The Bertz CT molecular complexity index is 1560. The summed E-state index contributed by atoms with van der Waals surface area (Å²) >= 11 is 0. The number of alkyl halides is 3. The van der Waals surface area contributed by atoms with Gasteiger partial charge in [-0.3, -0.25) is 9.79 Å². The van der Waals surface area contributed by atoms with Crippen LogP contribution in [0, 0.1) is 6.92 Å². The predicted molar refractivity (Wildman–Crippen MR) is 137 cm³/mol. The minimum Gasteiger partial charge on any atom is -0.406 e. The van der Waals surface area contributed by atoms with Crippen molar-refractivity contribution >= 4 is 37.9 Å². The first-order valence-corrected chi connectivity index (χ1v) is 14.8. The monoisotopic (exact) mass is 586 g/mol. The summed E-state index contributed by atoms with van der Waals surface area (Å²) in [5.74, 6) is -1.16. The molecule has 210 valence electrons. The number of benzene rings is 2. The van der Waals surface area contributed by atoms with Crippen molar-refractivity contribution in [3.8, 4) is 5.75 Å². The quantitative estimate of drug-likeness (QED) is 0.509. The van der Waals surface area contributed by atoms with Gasteiger partial charge in [-0.2, -0.15) is 4.31 Å². The molecule has 3 N–H and O–H groups in total. The van der Waals surface area contributed by atoms with Crippen molar-refractivity contribution < 1.29 is 39.5 Å². The van der Waals surface area contributed by atoms with Gasteiger partial charge in [-0.1, -0.05) is 30.3 Å². The second-order valence-electron chi connectivity index (χ2n) is 9.27. The van der Waals surface area contributed by atoms with Gasteiger partial charge in [0.2, 0.25) is 20.0 Å². The molecule has 15 heteroatoms. The Morgan fingerprint density at radius 2 is 1.82 bits per heavy atom. The highest BCUT2D eigenvalue weighted by molar-refractivity contribution is 7.92. The van der Waals surface area contributed by atoms with Crippen LogP contribution in [-0.4, -0.2) is 57.9 Å². The number of rotatable bonds is 7. The summed E-state index contributed by atoms with van der Waals surface area (Å²) in [6.45, 7) is 1.71. The minimum absolute atomic E-state index is 0.000374. The van der Waals surface area contributed by atoms with Gasteiger partial charge in [-0.25, -0.2) is 22.0 Å². The molecule has 2 aliphatic heterocycles. The molecular weight excluding hydrogens is 561 g/mol. The summed E-state index contributed by atoms with van der Waals surface area (Å²) < 4.78 is 91.3. The van der Waals surface area contributed by atoms with Crippen LogP contribution in [-0.2, 0) is 30.6 Å². The number of amidine groups is 1. The molecule has 2 aromatic carbocycles. The fourth-order valence-corrected chi connectivity index (χ4v) is 6.26. The number of nitrogens with zero attached hydrogens (tertiary/aromatic N) is 2. The van der Waals surface area contributed by atoms with Gasteiger partial charge in [0.05, 0.1) is 5.75 Å². The van der Waals surface area contributed by atoms with E-state index in [0.29, 0.717) is 16.7 Å². The van der Waals surface area contributed by atoms with E-state index in [1.165, 1.54) is 22.5 Å². The van der Waals surface area contributed by atoms with E-state index in [0.717, 1.165) is 17.5 Å². The van der Waals surface area contributed by atoms with Crippen LogP contribution in [0.1, 0.15) is 35.1 Å². The number of aryl methyl sites for hydroxylation is 1. The number of aliphatic imine (C=N–C) groups is 1. The number of sulfonamides is 2. The smallest absolute Gasteiger partial charge is 0.406 e. The van der Waals surface area contributed by atoms with Crippen LogP contribution in [0.25, 0.3) is 6.08 Å². The molecular formula is C24H25F3N4O6S2. The van der Waals surface area contributed by atoms with Gasteiger partial charge in [-0.15, -0.1) is 13.2 Å². The van der Waals surface area contributed by atoms with Crippen molar-refractivity contribution in [2.75, 3.05) is 13.1 Å². The lowest BCUT2D eigenvalue weighted by Crippen LogP contribution is -2.50. The third-order valence-corrected chi connectivity index (χ3v) is 8.65. The summed E-state index contributed by atoms with van der Waals surface area (Å²) in [4.78, 5) is 17.3. The molecule has 1 saturated heterocycles. The van der Waals surface area contributed by atoms with E-state index in [-0.39, 0.29) is 43.1 Å². The van der Waals surface area contributed by atoms with Gasteiger partial charge in [0.15, 0.2) is 0 Å². The number of carbonyl (C=O) groups excluding carboxylic acids is 1. The average molecular weight is 587 g/mol. The van der Waals surface area contributed by atoms with E-state index >= 15 is 0 Å².